The third-order valence-electron chi connectivity index (χ3n) is 10.5. The van der Waals surface area contributed by atoms with Crippen LogP contribution in [0.1, 0.15) is 85.2 Å². The summed E-state index contributed by atoms with van der Waals surface area (Å²) in [4.78, 5) is 32.4. The van der Waals surface area contributed by atoms with Crippen molar-refractivity contribution in [2.24, 2.45) is 0 Å². The van der Waals surface area contributed by atoms with Gasteiger partial charge in [-0.25, -0.2) is 0 Å². The zero-order valence-corrected chi connectivity index (χ0v) is 31.1. The Balaban J connectivity index is 1.15. The molecule has 0 atom stereocenters. The summed E-state index contributed by atoms with van der Waals surface area (Å²) in [5.74, 6) is -0.0888. The Morgan fingerprint density at radius 3 is 1.33 bits per heavy atom. The van der Waals surface area contributed by atoms with Crippen LogP contribution in [0, 0.1) is 0 Å². The van der Waals surface area contributed by atoms with Crippen LogP contribution in [-0.2, 0) is 26.2 Å². The van der Waals surface area contributed by atoms with Crippen molar-refractivity contribution in [3.8, 4) is 0 Å². The highest BCUT2D eigenvalue weighted by Crippen LogP contribution is 2.32. The van der Waals surface area contributed by atoms with Crippen LogP contribution in [0.4, 0.5) is 0 Å². The third-order valence-corrected chi connectivity index (χ3v) is 10.5. The molecule has 6 heteroatoms. The van der Waals surface area contributed by atoms with Crippen LogP contribution in [0.25, 0.3) is 43.6 Å². The fourth-order valence-corrected chi connectivity index (χ4v) is 7.87. The van der Waals surface area contributed by atoms with Crippen molar-refractivity contribution in [2.75, 3.05) is 13.1 Å². The number of para-hydroxylation sites is 2. The molecule has 0 aliphatic rings. The first-order valence-corrected chi connectivity index (χ1v) is 19.1. The largest absolute Gasteiger partial charge is 0.341 e. The van der Waals surface area contributed by atoms with E-state index in [2.05, 4.69) is 122 Å². The lowest BCUT2D eigenvalue weighted by Crippen LogP contribution is -2.33. The number of aromatic nitrogens is 2. The number of carbonyl (C=O) groups is 2. The van der Waals surface area contributed by atoms with Crippen molar-refractivity contribution in [1.82, 2.24) is 18.9 Å². The molecule has 5 aromatic carbocycles. The fraction of sp³-hybridized carbons (Fsp3) is 0.304. The Hall–Kier alpha value is -5.36. The minimum atomic E-state index is -0.0444. The minimum absolute atomic E-state index is 0.0444. The number of hydrogen-bond donors (Lipinski definition) is 0. The second-order valence-electron chi connectivity index (χ2n) is 14.0. The van der Waals surface area contributed by atoms with E-state index in [4.69, 9.17) is 0 Å². The molecule has 0 aliphatic heterocycles. The number of fused-ring (bicyclic) bond motifs is 6. The van der Waals surface area contributed by atoms with E-state index in [1.807, 2.05) is 28.0 Å². The predicted molar refractivity (Wildman–Crippen MR) is 216 cm³/mol. The van der Waals surface area contributed by atoms with E-state index >= 15 is 0 Å². The highest BCUT2D eigenvalue weighted by molar-refractivity contribution is 6.09. The summed E-state index contributed by atoms with van der Waals surface area (Å²) in [7, 11) is 0. The number of carbonyl (C=O) groups excluding carboxylic acids is 2. The number of unbranched alkanes of at least 4 members (excludes halogenated alkanes) is 2. The number of amides is 2. The van der Waals surface area contributed by atoms with Gasteiger partial charge in [-0.3, -0.25) is 9.59 Å². The van der Waals surface area contributed by atoms with Gasteiger partial charge in [-0.05, 0) is 92.4 Å². The second kappa shape index (κ2) is 15.5. The first-order valence-electron chi connectivity index (χ1n) is 19.1. The maximum Gasteiger partial charge on any atom is 0.254 e. The molecule has 6 nitrogen and oxygen atoms in total. The van der Waals surface area contributed by atoms with Crippen LogP contribution >= 0.6 is 0 Å². The fourth-order valence-electron chi connectivity index (χ4n) is 7.87. The molecule has 2 aromatic heterocycles. The van der Waals surface area contributed by atoms with Gasteiger partial charge in [0.15, 0.2) is 0 Å². The molecule has 2 heterocycles. The molecule has 0 saturated heterocycles. The normalized spacial score (nSPS) is 11.6. The Morgan fingerprint density at radius 2 is 0.904 bits per heavy atom. The van der Waals surface area contributed by atoms with Crippen molar-refractivity contribution in [3.05, 3.63) is 131 Å². The zero-order chi connectivity index (χ0) is 36.2. The molecule has 7 rings (SSSR count). The number of rotatable bonds is 14. The maximum absolute atomic E-state index is 14.2. The van der Waals surface area contributed by atoms with Gasteiger partial charge < -0.3 is 18.9 Å². The maximum atomic E-state index is 14.2. The van der Waals surface area contributed by atoms with E-state index in [9.17, 15) is 9.59 Å². The summed E-state index contributed by atoms with van der Waals surface area (Å²) in [5.41, 5.74) is 8.20. The molecule has 0 N–H and O–H groups in total. The van der Waals surface area contributed by atoms with Gasteiger partial charge in [0.25, 0.3) is 11.8 Å². The van der Waals surface area contributed by atoms with Crippen molar-refractivity contribution in [2.45, 2.75) is 79.6 Å². The van der Waals surface area contributed by atoms with E-state index < -0.39 is 0 Å². The first kappa shape index (κ1) is 35.1. The quantitative estimate of drug-likeness (QED) is 0.114. The summed E-state index contributed by atoms with van der Waals surface area (Å²) in [6, 6.07) is 37.6. The monoisotopic (exact) mass is 690 g/mol. The zero-order valence-electron chi connectivity index (χ0n) is 31.1. The lowest BCUT2D eigenvalue weighted by Gasteiger charge is -2.25. The molecule has 0 unspecified atom stereocenters. The van der Waals surface area contributed by atoms with Gasteiger partial charge in [0.05, 0.1) is 0 Å². The molecule has 266 valence electrons. The molecule has 0 spiro atoms. The average Bonchev–Trinajstić information content (AvgIpc) is 3.68. The van der Waals surface area contributed by atoms with Crippen molar-refractivity contribution < 1.29 is 9.59 Å². The molecule has 0 aliphatic carbocycles. The molecule has 0 bridgehead atoms. The summed E-state index contributed by atoms with van der Waals surface area (Å²) in [6.45, 7) is 12.8. The van der Waals surface area contributed by atoms with Crippen LogP contribution in [0.2, 0.25) is 0 Å². The number of aryl methyl sites for hydroxylation is 2. The Bertz CT molecular complexity index is 2220. The Morgan fingerprint density at radius 1 is 0.481 bits per heavy atom. The number of nitrogens with zero attached hydrogens (tertiary/aromatic N) is 4. The van der Waals surface area contributed by atoms with Crippen LogP contribution in [0.3, 0.4) is 0 Å². The summed E-state index contributed by atoms with van der Waals surface area (Å²) < 4.78 is 4.70. The van der Waals surface area contributed by atoms with Gasteiger partial charge in [0.1, 0.15) is 0 Å². The van der Waals surface area contributed by atoms with Gasteiger partial charge in [0, 0.05) is 94.0 Å². The highest BCUT2D eigenvalue weighted by Gasteiger charge is 2.22. The molecule has 0 fully saturated rings. The van der Waals surface area contributed by atoms with E-state index in [-0.39, 0.29) is 11.8 Å². The summed E-state index contributed by atoms with van der Waals surface area (Å²) in [5, 5.41) is 4.90. The molecule has 0 radical (unpaired) electrons. The predicted octanol–water partition coefficient (Wildman–Crippen LogP) is 10.8. The topological polar surface area (TPSA) is 50.5 Å². The second-order valence-corrected chi connectivity index (χ2v) is 14.0. The number of hydrogen-bond acceptors (Lipinski definition) is 2. The van der Waals surface area contributed by atoms with E-state index in [1.165, 1.54) is 43.6 Å². The highest BCUT2D eigenvalue weighted by atomic mass is 16.2. The summed E-state index contributed by atoms with van der Waals surface area (Å²) >= 11 is 0. The molecular formula is C46H50N4O2. The minimum Gasteiger partial charge on any atom is -0.341 e. The SMILES string of the molecule is CCCCN(Cc1ccc2c(c1)c1ccccc1n2CC)C(=O)c1cccc(C(=O)N(CCCC)Cc2ccc3c(c2)c2ccccc2n3CC)c1. The average molecular weight is 691 g/mol. The Labute approximate surface area is 307 Å². The lowest BCUT2D eigenvalue weighted by molar-refractivity contribution is 0.0739. The smallest absolute Gasteiger partial charge is 0.254 e. The van der Waals surface area contributed by atoms with Gasteiger partial charge in [-0.1, -0.05) is 81.3 Å². The van der Waals surface area contributed by atoms with Gasteiger partial charge >= 0.3 is 0 Å². The lowest BCUT2D eigenvalue weighted by atomic mass is 10.1. The third kappa shape index (κ3) is 6.70. The number of benzene rings is 5. The van der Waals surface area contributed by atoms with Crippen molar-refractivity contribution >= 4 is 55.4 Å². The molecule has 0 saturated carbocycles. The van der Waals surface area contributed by atoms with E-state index in [0.29, 0.717) is 37.3 Å². The standard InChI is InChI=1S/C46H50N4O2/c1-5-9-26-47(31-33-22-24-43-39(28-33)37-18-11-13-20-41(37)49(43)7-3)45(51)35-16-15-17-36(30-35)46(52)48(27-10-6-2)32-34-23-25-44-40(29-34)38-19-12-14-21-42(38)50(44)8-4/h11-25,28-30H,5-10,26-27,31-32H2,1-4H3. The molecular weight excluding hydrogens is 641 g/mol. The van der Waals surface area contributed by atoms with Crippen LogP contribution in [-0.4, -0.2) is 43.8 Å². The molecule has 7 aromatic rings. The van der Waals surface area contributed by atoms with Gasteiger partial charge in [0.2, 0.25) is 0 Å². The van der Waals surface area contributed by atoms with Crippen molar-refractivity contribution in [3.63, 3.8) is 0 Å². The first-order chi connectivity index (χ1) is 25.4. The van der Waals surface area contributed by atoms with E-state index in [0.717, 1.165) is 49.9 Å². The van der Waals surface area contributed by atoms with E-state index in [1.54, 1.807) is 6.07 Å². The Kier molecular flexibility index (Phi) is 10.4. The molecule has 52 heavy (non-hydrogen) atoms. The van der Waals surface area contributed by atoms with Crippen LogP contribution < -0.4 is 0 Å². The summed E-state index contributed by atoms with van der Waals surface area (Å²) in [6.07, 6.45) is 3.80. The van der Waals surface area contributed by atoms with Gasteiger partial charge in [-0.2, -0.15) is 0 Å². The van der Waals surface area contributed by atoms with Crippen LogP contribution in [0.5, 0.6) is 0 Å². The molecule has 2 amide bonds. The van der Waals surface area contributed by atoms with Gasteiger partial charge in [-0.15, -0.1) is 0 Å². The van der Waals surface area contributed by atoms with Crippen LogP contribution in [0.15, 0.2) is 109 Å². The van der Waals surface area contributed by atoms with Crippen molar-refractivity contribution in [1.29, 1.82) is 0 Å².